The Morgan fingerprint density at radius 1 is 1.00 bits per heavy atom. The number of ether oxygens (including phenoxy) is 2. The molecule has 2 aromatic carbocycles. The summed E-state index contributed by atoms with van der Waals surface area (Å²) in [5.41, 5.74) is 2.51. The molecule has 22 heavy (non-hydrogen) atoms. The van der Waals surface area contributed by atoms with E-state index in [1.165, 1.54) is 11.1 Å². The first kappa shape index (κ1) is 16.4. The molecule has 0 fully saturated rings. The van der Waals surface area contributed by atoms with Crippen molar-refractivity contribution >= 4 is 0 Å². The van der Waals surface area contributed by atoms with E-state index in [2.05, 4.69) is 36.5 Å². The van der Waals surface area contributed by atoms with Gasteiger partial charge in [-0.05, 0) is 55.6 Å². The number of hydrogen-bond acceptors (Lipinski definition) is 3. The van der Waals surface area contributed by atoms with Crippen molar-refractivity contribution in [2.75, 3.05) is 20.8 Å². The van der Waals surface area contributed by atoms with Gasteiger partial charge < -0.3 is 14.8 Å². The predicted molar refractivity (Wildman–Crippen MR) is 90.7 cm³/mol. The Labute approximate surface area is 133 Å². The van der Waals surface area contributed by atoms with Crippen molar-refractivity contribution in [2.45, 2.75) is 25.8 Å². The van der Waals surface area contributed by atoms with E-state index >= 15 is 0 Å². The van der Waals surface area contributed by atoms with Gasteiger partial charge in [0.05, 0.1) is 14.2 Å². The number of hydrogen-bond donors (Lipinski definition) is 1. The molecule has 2 rings (SSSR count). The van der Waals surface area contributed by atoms with Crippen molar-refractivity contribution < 1.29 is 9.47 Å². The highest BCUT2D eigenvalue weighted by molar-refractivity contribution is 5.33. The molecule has 0 aliphatic carbocycles. The lowest BCUT2D eigenvalue weighted by atomic mass is 10.1. The predicted octanol–water partition coefficient (Wildman–Crippen LogP) is 3.99. The molecule has 3 nitrogen and oxygen atoms in total. The molecule has 0 unspecified atom stereocenters. The third-order valence-electron chi connectivity index (χ3n) is 3.86. The first-order valence-electron chi connectivity index (χ1n) is 7.74. The third-order valence-corrected chi connectivity index (χ3v) is 3.86. The molecule has 1 N–H and O–H groups in total. The molecular weight excluding hydrogens is 274 g/mol. The summed E-state index contributed by atoms with van der Waals surface area (Å²) in [4.78, 5) is 0. The van der Waals surface area contributed by atoms with Gasteiger partial charge in [-0.2, -0.15) is 0 Å². The second-order valence-electron chi connectivity index (χ2n) is 5.37. The number of benzene rings is 2. The van der Waals surface area contributed by atoms with Crippen LogP contribution in [0.3, 0.4) is 0 Å². The van der Waals surface area contributed by atoms with Crippen molar-refractivity contribution in [2.24, 2.45) is 0 Å². The number of methoxy groups -OCH3 is 2. The van der Waals surface area contributed by atoms with Gasteiger partial charge in [0.2, 0.25) is 0 Å². The molecule has 0 aliphatic heterocycles. The number of aryl methyl sites for hydroxylation is 1. The smallest absolute Gasteiger partial charge is 0.122 e. The summed E-state index contributed by atoms with van der Waals surface area (Å²) in [6.07, 6.45) is 2.09. The summed E-state index contributed by atoms with van der Waals surface area (Å²) in [5.74, 6) is 1.88. The van der Waals surface area contributed by atoms with Crippen LogP contribution < -0.4 is 14.8 Å². The van der Waals surface area contributed by atoms with Crippen molar-refractivity contribution in [3.05, 3.63) is 59.7 Å². The Hall–Kier alpha value is -2.00. The van der Waals surface area contributed by atoms with Crippen LogP contribution in [0.1, 0.15) is 30.5 Å². The van der Waals surface area contributed by atoms with E-state index in [1.54, 1.807) is 14.2 Å². The zero-order valence-corrected chi connectivity index (χ0v) is 13.6. The van der Waals surface area contributed by atoms with Crippen molar-refractivity contribution in [3.8, 4) is 11.5 Å². The highest BCUT2D eigenvalue weighted by atomic mass is 16.5. The monoisotopic (exact) mass is 299 g/mol. The fourth-order valence-electron chi connectivity index (χ4n) is 2.54. The molecule has 0 radical (unpaired) electrons. The molecule has 0 saturated heterocycles. The summed E-state index contributed by atoms with van der Waals surface area (Å²) in [7, 11) is 3.42. The molecule has 118 valence electrons. The molecular formula is C19H25NO2. The van der Waals surface area contributed by atoms with Crippen LogP contribution in [0.5, 0.6) is 11.5 Å². The Bertz CT molecular complexity index is 583. The van der Waals surface area contributed by atoms with Gasteiger partial charge in [-0.1, -0.05) is 30.3 Å². The average Bonchev–Trinajstić information content (AvgIpc) is 2.58. The van der Waals surface area contributed by atoms with Crippen LogP contribution in [0.15, 0.2) is 48.5 Å². The minimum absolute atomic E-state index is 0.313. The average molecular weight is 299 g/mol. The molecule has 0 bridgehead atoms. The summed E-state index contributed by atoms with van der Waals surface area (Å²) >= 11 is 0. The lowest BCUT2D eigenvalue weighted by Gasteiger charge is -2.15. The Kier molecular flexibility index (Phi) is 6.28. The Balaban J connectivity index is 1.80. The maximum atomic E-state index is 5.38. The first-order valence-corrected chi connectivity index (χ1v) is 7.74. The van der Waals surface area contributed by atoms with Gasteiger partial charge in [-0.3, -0.25) is 0 Å². The molecule has 0 aliphatic rings. The van der Waals surface area contributed by atoms with Gasteiger partial charge in [0.1, 0.15) is 11.5 Å². The fraction of sp³-hybridized carbons (Fsp3) is 0.368. The lowest BCUT2D eigenvalue weighted by molar-refractivity contribution is 0.408. The van der Waals surface area contributed by atoms with Gasteiger partial charge in [0.25, 0.3) is 0 Å². The van der Waals surface area contributed by atoms with E-state index in [0.29, 0.717) is 6.04 Å². The summed E-state index contributed by atoms with van der Waals surface area (Å²) in [6.45, 7) is 3.15. The minimum Gasteiger partial charge on any atom is -0.497 e. The second-order valence-corrected chi connectivity index (χ2v) is 5.37. The SMILES string of the molecule is COc1cccc([C@@H](C)NCCCc2ccccc2OC)c1. The normalized spacial score (nSPS) is 12.0. The van der Waals surface area contributed by atoms with Gasteiger partial charge >= 0.3 is 0 Å². The van der Waals surface area contributed by atoms with E-state index in [4.69, 9.17) is 9.47 Å². The van der Waals surface area contributed by atoms with Crippen LogP contribution in [0.2, 0.25) is 0 Å². The fourth-order valence-corrected chi connectivity index (χ4v) is 2.54. The van der Waals surface area contributed by atoms with Crippen molar-refractivity contribution in [1.82, 2.24) is 5.32 Å². The molecule has 0 aromatic heterocycles. The second kappa shape index (κ2) is 8.44. The van der Waals surface area contributed by atoms with Crippen LogP contribution in [-0.2, 0) is 6.42 Å². The van der Waals surface area contributed by atoms with Gasteiger partial charge in [-0.25, -0.2) is 0 Å². The summed E-state index contributed by atoms with van der Waals surface area (Å²) < 4.78 is 10.7. The molecule has 0 heterocycles. The zero-order chi connectivity index (χ0) is 15.8. The van der Waals surface area contributed by atoms with Crippen LogP contribution in [0.4, 0.5) is 0 Å². The quantitative estimate of drug-likeness (QED) is 0.748. The number of rotatable bonds is 8. The van der Waals surface area contributed by atoms with Crippen LogP contribution >= 0.6 is 0 Å². The van der Waals surface area contributed by atoms with E-state index in [1.807, 2.05) is 24.3 Å². The Morgan fingerprint density at radius 3 is 2.59 bits per heavy atom. The van der Waals surface area contributed by atoms with Gasteiger partial charge in [0, 0.05) is 6.04 Å². The van der Waals surface area contributed by atoms with Crippen molar-refractivity contribution in [1.29, 1.82) is 0 Å². The van der Waals surface area contributed by atoms with E-state index in [-0.39, 0.29) is 0 Å². The Morgan fingerprint density at radius 2 is 1.82 bits per heavy atom. The van der Waals surface area contributed by atoms with E-state index in [0.717, 1.165) is 30.9 Å². The molecule has 1 atom stereocenters. The molecule has 2 aromatic rings. The first-order chi connectivity index (χ1) is 10.7. The molecule has 0 spiro atoms. The van der Waals surface area contributed by atoms with Crippen LogP contribution in [0.25, 0.3) is 0 Å². The minimum atomic E-state index is 0.313. The maximum absolute atomic E-state index is 5.38. The van der Waals surface area contributed by atoms with Gasteiger partial charge in [-0.15, -0.1) is 0 Å². The highest BCUT2D eigenvalue weighted by Gasteiger charge is 2.06. The van der Waals surface area contributed by atoms with E-state index in [9.17, 15) is 0 Å². The molecule has 0 saturated carbocycles. The summed E-state index contributed by atoms with van der Waals surface area (Å²) in [5, 5.41) is 3.56. The number of nitrogens with one attached hydrogen (secondary N) is 1. The molecule has 3 heteroatoms. The topological polar surface area (TPSA) is 30.5 Å². The van der Waals surface area contributed by atoms with E-state index < -0.39 is 0 Å². The maximum Gasteiger partial charge on any atom is 0.122 e. The van der Waals surface area contributed by atoms with Gasteiger partial charge in [0.15, 0.2) is 0 Å². The van der Waals surface area contributed by atoms with Crippen molar-refractivity contribution in [3.63, 3.8) is 0 Å². The van der Waals surface area contributed by atoms with Crippen LogP contribution in [0, 0.1) is 0 Å². The molecule has 0 amide bonds. The van der Waals surface area contributed by atoms with Crippen LogP contribution in [-0.4, -0.2) is 20.8 Å². The standard InChI is InChI=1S/C19H25NO2/c1-15(17-9-6-11-18(14-17)21-2)20-13-7-10-16-8-4-5-12-19(16)22-3/h4-6,8-9,11-12,14-15,20H,7,10,13H2,1-3H3/t15-/m1/s1. The third kappa shape index (κ3) is 4.50. The summed E-state index contributed by atoms with van der Waals surface area (Å²) in [6, 6.07) is 16.7. The number of para-hydroxylation sites is 1. The zero-order valence-electron chi connectivity index (χ0n) is 13.6. The highest BCUT2D eigenvalue weighted by Crippen LogP contribution is 2.20. The largest absolute Gasteiger partial charge is 0.497 e. The lowest BCUT2D eigenvalue weighted by Crippen LogP contribution is -2.20.